The van der Waals surface area contributed by atoms with E-state index in [1.165, 1.54) is 48.5 Å². The summed E-state index contributed by atoms with van der Waals surface area (Å²) in [4.78, 5) is 24.6. The lowest BCUT2D eigenvalue weighted by atomic mass is 9.99. The van der Waals surface area contributed by atoms with E-state index < -0.39 is 59.7 Å². The molecule has 0 spiro atoms. The number of hydrogen-bond acceptors (Lipinski definition) is 17. The molecule has 17 heteroatoms. The largest absolute Gasteiger partial charge is 0.508 e. The zero-order valence-corrected chi connectivity index (χ0v) is 26.9. The molecule has 4 aromatic carbocycles. The van der Waals surface area contributed by atoms with Crippen LogP contribution in [0.1, 0.15) is 0 Å². The van der Waals surface area contributed by atoms with Crippen LogP contribution in [0.5, 0.6) is 46.0 Å². The SMILES string of the molecule is O=c1cc(-c2ccc(O)c(O)c2)oc2cc(O)cc(O)c12.O=c1cc(-c2ccc(O)c(O)c2)oc2cc(O[C@@H]3O[C@H](CO)[C@@H](O)[C@H](O)[C@H]3O)cc(O)c12. The first-order valence-electron chi connectivity index (χ1n) is 15.5. The molecule has 11 N–H and O–H groups in total. The van der Waals surface area contributed by atoms with E-state index in [4.69, 9.17) is 18.3 Å². The zero-order valence-electron chi connectivity index (χ0n) is 26.9. The number of rotatable bonds is 5. The van der Waals surface area contributed by atoms with Gasteiger partial charge in [0, 0.05) is 47.5 Å². The van der Waals surface area contributed by atoms with Gasteiger partial charge in [-0.15, -0.1) is 0 Å². The Morgan fingerprint density at radius 1 is 0.547 bits per heavy atom. The van der Waals surface area contributed by atoms with Crippen LogP contribution in [0.15, 0.2) is 91.2 Å². The number of ether oxygens (including phenoxy) is 2. The van der Waals surface area contributed by atoms with Gasteiger partial charge in [0.1, 0.15) is 80.9 Å². The van der Waals surface area contributed by atoms with Crippen molar-refractivity contribution in [1.82, 2.24) is 0 Å². The van der Waals surface area contributed by atoms with E-state index in [0.29, 0.717) is 5.56 Å². The van der Waals surface area contributed by atoms with Crippen molar-refractivity contribution < 1.29 is 74.5 Å². The summed E-state index contributed by atoms with van der Waals surface area (Å²) in [6.45, 7) is -0.647. The zero-order chi connectivity index (χ0) is 38.3. The van der Waals surface area contributed by atoms with E-state index >= 15 is 0 Å². The molecule has 1 aliphatic heterocycles. The van der Waals surface area contributed by atoms with Crippen LogP contribution in [-0.2, 0) is 4.74 Å². The number of phenolic OH excluding ortho intramolecular Hbond substituents is 7. The van der Waals surface area contributed by atoms with Crippen molar-refractivity contribution in [3.63, 3.8) is 0 Å². The summed E-state index contributed by atoms with van der Waals surface area (Å²) in [7, 11) is 0. The molecule has 276 valence electrons. The van der Waals surface area contributed by atoms with E-state index in [0.717, 1.165) is 24.3 Å². The lowest BCUT2D eigenvalue weighted by Gasteiger charge is -2.39. The molecule has 1 aliphatic rings. The fraction of sp³-hybridized carbons (Fsp3) is 0.167. The van der Waals surface area contributed by atoms with Crippen LogP contribution < -0.4 is 15.6 Å². The van der Waals surface area contributed by atoms with E-state index in [1.54, 1.807) is 0 Å². The van der Waals surface area contributed by atoms with Crippen molar-refractivity contribution in [3.05, 3.63) is 93.2 Å². The Morgan fingerprint density at radius 2 is 1.06 bits per heavy atom. The predicted molar refractivity (Wildman–Crippen MR) is 182 cm³/mol. The van der Waals surface area contributed by atoms with Gasteiger partial charge in [-0.05, 0) is 36.4 Å². The average Bonchev–Trinajstić information content (AvgIpc) is 3.10. The molecule has 3 heterocycles. The molecule has 1 fully saturated rings. The molecule has 53 heavy (non-hydrogen) atoms. The Morgan fingerprint density at radius 3 is 1.57 bits per heavy atom. The lowest BCUT2D eigenvalue weighted by Crippen LogP contribution is -2.60. The molecule has 0 aliphatic carbocycles. The Labute approximate surface area is 295 Å². The van der Waals surface area contributed by atoms with Gasteiger partial charge in [-0.1, -0.05) is 0 Å². The monoisotopic (exact) mass is 734 g/mol. The minimum absolute atomic E-state index is 0.0163. The second kappa shape index (κ2) is 14.3. The first-order valence-corrected chi connectivity index (χ1v) is 15.5. The molecule has 0 bridgehead atoms. The van der Waals surface area contributed by atoms with Crippen molar-refractivity contribution in [3.8, 4) is 68.6 Å². The molecule has 17 nitrogen and oxygen atoms in total. The molecule has 0 amide bonds. The van der Waals surface area contributed by atoms with Crippen LogP contribution in [0.25, 0.3) is 44.6 Å². The maximum absolute atomic E-state index is 12.5. The molecule has 6 aromatic rings. The van der Waals surface area contributed by atoms with Crippen molar-refractivity contribution in [1.29, 1.82) is 0 Å². The number of phenols is 7. The third-order valence-electron chi connectivity index (χ3n) is 8.20. The number of aliphatic hydroxyl groups is 4. The van der Waals surface area contributed by atoms with Crippen LogP contribution in [0, 0.1) is 0 Å². The van der Waals surface area contributed by atoms with Crippen molar-refractivity contribution in [2.45, 2.75) is 30.7 Å². The minimum atomic E-state index is -1.68. The number of benzene rings is 4. The van der Waals surface area contributed by atoms with Gasteiger partial charge in [0.15, 0.2) is 33.9 Å². The maximum atomic E-state index is 12.5. The van der Waals surface area contributed by atoms with Gasteiger partial charge >= 0.3 is 0 Å². The van der Waals surface area contributed by atoms with E-state index in [9.17, 15) is 65.8 Å². The van der Waals surface area contributed by atoms with Crippen LogP contribution in [0.4, 0.5) is 0 Å². The van der Waals surface area contributed by atoms with Crippen LogP contribution in [0.2, 0.25) is 0 Å². The van der Waals surface area contributed by atoms with E-state index in [-0.39, 0.29) is 73.5 Å². The highest BCUT2D eigenvalue weighted by Gasteiger charge is 2.44. The predicted octanol–water partition coefficient (Wildman–Crippen LogP) is 2.04. The summed E-state index contributed by atoms with van der Waals surface area (Å²) < 4.78 is 21.9. The van der Waals surface area contributed by atoms with E-state index in [2.05, 4.69) is 0 Å². The standard InChI is InChI=1S/C21H20O11.C15H10O6/c22-7-16-18(27)19(28)20(29)21(32-16)30-9-4-12(25)17-13(26)6-14(31-15(17)5-9)8-1-2-10(23)11(24)3-8;16-8-4-11(19)15-12(20)6-13(21-14(15)5-8)7-1-2-9(17)10(18)3-7/h1-6,16,18-25,27-29H,7H2;1-6,16-19H/t16-,18-,19+,20-,21-;/m1./s1. The molecule has 0 unspecified atom stereocenters. The summed E-state index contributed by atoms with van der Waals surface area (Å²) in [5.41, 5.74) is -0.518. The summed E-state index contributed by atoms with van der Waals surface area (Å²) in [5.74, 6) is -2.48. The van der Waals surface area contributed by atoms with Gasteiger partial charge < -0.3 is 74.5 Å². The fourth-order valence-electron chi connectivity index (χ4n) is 5.50. The fourth-order valence-corrected chi connectivity index (χ4v) is 5.50. The number of aromatic hydroxyl groups is 7. The third kappa shape index (κ3) is 7.18. The van der Waals surface area contributed by atoms with Gasteiger partial charge in [-0.3, -0.25) is 9.59 Å². The van der Waals surface area contributed by atoms with Crippen LogP contribution in [-0.4, -0.2) is 93.5 Å². The highest BCUT2D eigenvalue weighted by atomic mass is 16.7. The maximum Gasteiger partial charge on any atom is 0.229 e. The molecule has 5 atom stereocenters. The van der Waals surface area contributed by atoms with Gasteiger partial charge in [0.2, 0.25) is 6.29 Å². The number of hydrogen-bond donors (Lipinski definition) is 11. The second-order valence-corrected chi connectivity index (χ2v) is 11.8. The molecule has 0 saturated carbocycles. The molecule has 0 radical (unpaired) electrons. The van der Waals surface area contributed by atoms with E-state index in [1.807, 2.05) is 0 Å². The first-order chi connectivity index (χ1) is 25.1. The quantitative estimate of drug-likeness (QED) is 0.113. The number of aliphatic hydroxyl groups excluding tert-OH is 4. The minimum Gasteiger partial charge on any atom is -0.508 e. The molecular weight excluding hydrogens is 704 g/mol. The first kappa shape index (κ1) is 36.3. The second-order valence-electron chi connectivity index (χ2n) is 11.8. The van der Waals surface area contributed by atoms with Gasteiger partial charge in [0.05, 0.1) is 6.61 Å². The van der Waals surface area contributed by atoms with Crippen molar-refractivity contribution in [2.75, 3.05) is 6.61 Å². The van der Waals surface area contributed by atoms with Gasteiger partial charge in [0.25, 0.3) is 0 Å². The summed E-state index contributed by atoms with van der Waals surface area (Å²) >= 11 is 0. The number of fused-ring (bicyclic) bond motifs is 2. The Kier molecular flexibility index (Phi) is 9.76. The molecular formula is C36H30O17. The highest BCUT2D eigenvalue weighted by molar-refractivity contribution is 5.87. The van der Waals surface area contributed by atoms with Crippen molar-refractivity contribution in [2.24, 2.45) is 0 Å². The smallest absolute Gasteiger partial charge is 0.229 e. The summed E-state index contributed by atoms with van der Waals surface area (Å²) in [5, 5.41) is 106. The van der Waals surface area contributed by atoms with Crippen LogP contribution in [0.3, 0.4) is 0 Å². The average molecular weight is 735 g/mol. The molecule has 7 rings (SSSR count). The molecule has 2 aromatic heterocycles. The lowest BCUT2D eigenvalue weighted by molar-refractivity contribution is -0.277. The third-order valence-corrected chi connectivity index (χ3v) is 8.20. The summed E-state index contributed by atoms with van der Waals surface area (Å²) in [6.07, 6.45) is -7.61. The van der Waals surface area contributed by atoms with Crippen LogP contribution >= 0.6 is 0 Å². The highest BCUT2D eigenvalue weighted by Crippen LogP contribution is 2.36. The normalized spacial score (nSPS) is 19.8. The van der Waals surface area contributed by atoms with Crippen molar-refractivity contribution >= 4 is 21.9 Å². The molecule has 1 saturated heterocycles. The summed E-state index contributed by atoms with van der Waals surface area (Å²) in [6, 6.07) is 14.6. The topological polar surface area (TPSA) is 301 Å². The van der Waals surface area contributed by atoms with Gasteiger partial charge in [-0.25, -0.2) is 0 Å². The Balaban J connectivity index is 0.000000198. The Hall–Kier alpha value is -6.50. The van der Waals surface area contributed by atoms with Gasteiger partial charge in [-0.2, -0.15) is 0 Å². The Bertz CT molecular complexity index is 2450.